The van der Waals surface area contributed by atoms with E-state index in [1.807, 2.05) is 0 Å². The quantitative estimate of drug-likeness (QED) is 0.0377. The van der Waals surface area contributed by atoms with Crippen LogP contribution in [0.15, 0.2) is 0 Å². The van der Waals surface area contributed by atoms with E-state index in [0.717, 1.165) is 51.4 Å². The molecule has 13 nitrogen and oxygen atoms in total. The van der Waals surface area contributed by atoms with E-state index < -0.39 is 51.9 Å². The van der Waals surface area contributed by atoms with Gasteiger partial charge in [0, 0.05) is 26.2 Å². The molecule has 274 valence electrons. The normalized spacial score (nSPS) is 11.6. The SMILES string of the molecule is CCCCCCCCCCCCN(CC(O)CN(CCCCCCCCCCCC)C(=O)COS(=O)(=O)[O-])C(=O)COS(=O)(=O)[O-].[Na+].[Na+]. The first-order chi connectivity index (χ1) is 21.8. The number of aliphatic hydroxyl groups excluding tert-OH is 1. The summed E-state index contributed by atoms with van der Waals surface area (Å²) in [6, 6.07) is 0. The van der Waals surface area contributed by atoms with Crippen molar-refractivity contribution in [1.29, 1.82) is 0 Å². The Morgan fingerprint density at radius 1 is 0.542 bits per heavy atom. The summed E-state index contributed by atoms with van der Waals surface area (Å²) in [5.74, 6) is -1.61. The maximum Gasteiger partial charge on any atom is 1.00 e. The van der Waals surface area contributed by atoms with Gasteiger partial charge in [0.1, 0.15) is 13.2 Å². The summed E-state index contributed by atoms with van der Waals surface area (Å²) < 4.78 is 73.6. The second-order valence-electron chi connectivity index (χ2n) is 12.0. The van der Waals surface area contributed by atoms with Gasteiger partial charge in [-0.15, -0.1) is 0 Å². The van der Waals surface area contributed by atoms with Crippen molar-refractivity contribution in [3.8, 4) is 0 Å². The van der Waals surface area contributed by atoms with Crippen molar-refractivity contribution in [3.63, 3.8) is 0 Å². The minimum absolute atomic E-state index is 0. The third-order valence-electron chi connectivity index (χ3n) is 7.78. The molecule has 0 aliphatic carbocycles. The molecule has 1 N–H and O–H groups in total. The monoisotopic (exact) mass is 746 g/mol. The maximum absolute atomic E-state index is 12.7. The number of nitrogens with zero attached hydrogens (tertiary/aromatic N) is 2. The predicted octanol–water partition coefficient (Wildman–Crippen LogP) is -1.19. The molecule has 2 amide bonds. The van der Waals surface area contributed by atoms with E-state index in [1.165, 1.54) is 74.0 Å². The third-order valence-corrected chi connectivity index (χ3v) is 8.60. The number of aliphatic hydroxyl groups is 1. The van der Waals surface area contributed by atoms with Crippen LogP contribution in [0.1, 0.15) is 142 Å². The van der Waals surface area contributed by atoms with Crippen molar-refractivity contribution >= 4 is 32.6 Å². The van der Waals surface area contributed by atoms with Gasteiger partial charge in [0.05, 0.1) is 6.10 Å². The summed E-state index contributed by atoms with van der Waals surface area (Å²) in [6.45, 7) is 2.14. The zero-order valence-electron chi connectivity index (χ0n) is 30.2. The molecule has 0 aliphatic rings. The summed E-state index contributed by atoms with van der Waals surface area (Å²) in [6.07, 6.45) is 19.9. The first-order valence-corrected chi connectivity index (χ1v) is 19.9. The smallest absolute Gasteiger partial charge is 0.726 e. The average Bonchev–Trinajstić information content (AvgIpc) is 2.98. The van der Waals surface area contributed by atoms with Crippen LogP contribution in [0.3, 0.4) is 0 Å². The number of hydrogen-bond donors (Lipinski definition) is 1. The molecule has 0 spiro atoms. The largest absolute Gasteiger partial charge is 1.00 e. The average molecular weight is 747 g/mol. The molecule has 48 heavy (non-hydrogen) atoms. The fourth-order valence-corrected chi connectivity index (χ4v) is 5.70. The number of carbonyl (C=O) groups is 2. The molecule has 0 aromatic rings. The Balaban J connectivity index is -0.0000101. The summed E-state index contributed by atoms with van der Waals surface area (Å²) in [7, 11) is -10.2. The Hall–Kier alpha value is 0.640. The van der Waals surface area contributed by atoms with Crippen molar-refractivity contribution in [2.75, 3.05) is 39.4 Å². The van der Waals surface area contributed by atoms with Crippen molar-refractivity contribution < 1.29 is 108 Å². The zero-order valence-corrected chi connectivity index (χ0v) is 35.8. The van der Waals surface area contributed by atoms with Gasteiger partial charge in [-0.25, -0.2) is 16.8 Å². The number of hydrogen-bond acceptors (Lipinski definition) is 11. The summed E-state index contributed by atoms with van der Waals surface area (Å²) in [5, 5.41) is 10.8. The van der Waals surface area contributed by atoms with Gasteiger partial charge in [-0.05, 0) is 12.8 Å². The van der Waals surface area contributed by atoms with Gasteiger partial charge in [-0.1, -0.05) is 129 Å². The van der Waals surface area contributed by atoms with Gasteiger partial charge < -0.3 is 24.0 Å². The second-order valence-corrected chi connectivity index (χ2v) is 14.1. The van der Waals surface area contributed by atoms with Gasteiger partial charge in [-0.3, -0.25) is 18.0 Å². The van der Waals surface area contributed by atoms with Crippen LogP contribution >= 0.6 is 0 Å². The van der Waals surface area contributed by atoms with Gasteiger partial charge in [0.15, 0.2) is 0 Å². The molecule has 0 unspecified atom stereocenters. The molecule has 0 fully saturated rings. The molecule has 17 heteroatoms. The zero-order chi connectivity index (χ0) is 34.7. The van der Waals surface area contributed by atoms with Crippen LogP contribution in [0.5, 0.6) is 0 Å². The van der Waals surface area contributed by atoms with E-state index in [0.29, 0.717) is 12.8 Å². The predicted molar refractivity (Wildman–Crippen MR) is 174 cm³/mol. The van der Waals surface area contributed by atoms with E-state index in [1.54, 1.807) is 0 Å². The molecule has 0 radical (unpaired) electrons. The Morgan fingerprint density at radius 3 is 1.04 bits per heavy atom. The van der Waals surface area contributed by atoms with Gasteiger partial charge in [0.25, 0.3) is 0 Å². The first-order valence-electron chi connectivity index (χ1n) is 17.2. The molecule has 0 rings (SSSR count). The summed E-state index contributed by atoms with van der Waals surface area (Å²) in [5.41, 5.74) is 0. The van der Waals surface area contributed by atoms with E-state index >= 15 is 0 Å². The van der Waals surface area contributed by atoms with Crippen LogP contribution < -0.4 is 59.1 Å². The molecular formula is C31H60N2Na2O11S2. The number of amides is 2. The Labute approximate surface area is 335 Å². The van der Waals surface area contributed by atoms with E-state index in [-0.39, 0.29) is 85.3 Å². The fourth-order valence-electron chi connectivity index (χ4n) is 5.21. The van der Waals surface area contributed by atoms with Crippen molar-refractivity contribution in [1.82, 2.24) is 9.80 Å². The molecule has 0 atom stereocenters. The number of unbranched alkanes of at least 4 members (excludes halogenated alkanes) is 18. The van der Waals surface area contributed by atoms with Crippen LogP contribution in [0, 0.1) is 0 Å². The Morgan fingerprint density at radius 2 is 0.792 bits per heavy atom. The fraction of sp³-hybridized carbons (Fsp3) is 0.935. The second kappa shape index (κ2) is 33.5. The standard InChI is InChI=1S/C31H62N2O11S2.2Na/c1-3-5-7-9-11-13-15-17-19-21-23-32(30(35)27-43-45(37,38)39)25-29(34)26-33(31(36)28-44-46(40,41)42)24-22-20-18-16-14-12-10-8-6-4-2;;/h29,34H,3-28H2,1-2H3,(H,37,38,39)(H,40,41,42);;/q;2*+1/p-2. The topological polar surface area (TPSA) is 194 Å². The van der Waals surface area contributed by atoms with Gasteiger partial charge in [0.2, 0.25) is 32.6 Å². The van der Waals surface area contributed by atoms with Crippen LogP contribution in [-0.4, -0.2) is 98.2 Å². The first kappa shape index (κ1) is 53.0. The van der Waals surface area contributed by atoms with E-state index in [9.17, 15) is 40.6 Å². The Bertz CT molecular complexity index is 928. The summed E-state index contributed by atoms with van der Waals surface area (Å²) >= 11 is 0. The minimum Gasteiger partial charge on any atom is -0.726 e. The van der Waals surface area contributed by atoms with Crippen LogP contribution in [-0.2, 0) is 38.8 Å². The maximum atomic E-state index is 12.7. The molecule has 0 saturated carbocycles. The molecule has 0 heterocycles. The third kappa shape index (κ3) is 35.1. The molecule has 0 saturated heterocycles. The molecular weight excluding hydrogens is 686 g/mol. The van der Waals surface area contributed by atoms with E-state index in [2.05, 4.69) is 22.2 Å². The number of carbonyl (C=O) groups excluding carboxylic acids is 2. The van der Waals surface area contributed by atoms with Crippen molar-refractivity contribution in [2.45, 2.75) is 148 Å². The molecule has 0 aliphatic heterocycles. The Kier molecular flexibility index (Phi) is 37.0. The van der Waals surface area contributed by atoms with Gasteiger partial charge >= 0.3 is 59.1 Å². The van der Waals surface area contributed by atoms with Crippen LogP contribution in [0.4, 0.5) is 0 Å². The van der Waals surface area contributed by atoms with Crippen LogP contribution in [0.2, 0.25) is 0 Å². The minimum atomic E-state index is -5.10. The number of rotatable bonds is 32. The van der Waals surface area contributed by atoms with Crippen molar-refractivity contribution in [3.05, 3.63) is 0 Å². The van der Waals surface area contributed by atoms with Gasteiger partial charge in [-0.2, -0.15) is 0 Å². The van der Waals surface area contributed by atoms with Crippen molar-refractivity contribution in [2.24, 2.45) is 0 Å². The van der Waals surface area contributed by atoms with Crippen LogP contribution in [0.25, 0.3) is 0 Å². The molecule has 0 bridgehead atoms. The molecule has 0 aromatic carbocycles. The van der Waals surface area contributed by atoms with E-state index in [4.69, 9.17) is 0 Å². The summed E-state index contributed by atoms with van der Waals surface area (Å²) in [4.78, 5) is 27.8. The molecule has 0 aromatic heterocycles.